The molecule has 1 fully saturated rings. The lowest BCUT2D eigenvalue weighted by Crippen LogP contribution is -2.37. The molecule has 1 heterocycles. The maximum atomic E-state index is 12.1. The Morgan fingerprint density at radius 3 is 2.72 bits per heavy atom. The van der Waals surface area contributed by atoms with E-state index in [0.29, 0.717) is 0 Å². The van der Waals surface area contributed by atoms with Crippen LogP contribution in [0.25, 0.3) is 0 Å². The highest BCUT2D eigenvalue weighted by atomic mass is 16.5. The third kappa shape index (κ3) is 5.36. The Morgan fingerprint density at radius 1 is 1.44 bits per heavy atom. The van der Waals surface area contributed by atoms with Crippen molar-refractivity contribution < 1.29 is 9.53 Å². The third-order valence-corrected chi connectivity index (χ3v) is 3.60. The van der Waals surface area contributed by atoms with Gasteiger partial charge in [0.05, 0.1) is 6.10 Å². The highest BCUT2D eigenvalue weighted by Crippen LogP contribution is 2.16. The molecule has 1 saturated heterocycles. The first-order chi connectivity index (χ1) is 8.50. The van der Waals surface area contributed by atoms with Crippen LogP contribution in [-0.4, -0.2) is 43.2 Å². The first kappa shape index (κ1) is 15.4. The van der Waals surface area contributed by atoms with E-state index in [0.717, 1.165) is 45.3 Å². The van der Waals surface area contributed by atoms with E-state index in [1.165, 1.54) is 0 Å². The van der Waals surface area contributed by atoms with E-state index in [4.69, 9.17) is 10.5 Å². The molecule has 18 heavy (non-hydrogen) atoms. The number of amides is 1. The zero-order chi connectivity index (χ0) is 13.5. The van der Waals surface area contributed by atoms with Gasteiger partial charge in [-0.05, 0) is 32.6 Å². The fourth-order valence-electron chi connectivity index (χ4n) is 2.43. The summed E-state index contributed by atoms with van der Waals surface area (Å²) in [5.74, 6) is 0.324. The highest BCUT2D eigenvalue weighted by molar-refractivity contribution is 5.78. The molecule has 0 aromatic rings. The van der Waals surface area contributed by atoms with Crippen molar-refractivity contribution in [2.24, 2.45) is 11.7 Å². The van der Waals surface area contributed by atoms with Crippen molar-refractivity contribution in [2.75, 3.05) is 20.2 Å². The SMILES string of the molecule is CC(N)CCCC(C)C(=O)N(C)CC1CCCO1. The van der Waals surface area contributed by atoms with E-state index in [9.17, 15) is 4.79 Å². The second-order valence-corrected chi connectivity index (χ2v) is 5.66. The first-order valence-corrected chi connectivity index (χ1v) is 7.13. The van der Waals surface area contributed by atoms with Crippen LogP contribution in [0.4, 0.5) is 0 Å². The average molecular weight is 256 g/mol. The van der Waals surface area contributed by atoms with Crippen molar-refractivity contribution in [1.29, 1.82) is 0 Å². The monoisotopic (exact) mass is 256 g/mol. The minimum absolute atomic E-state index is 0.0927. The van der Waals surface area contributed by atoms with Crippen molar-refractivity contribution in [3.05, 3.63) is 0 Å². The number of carbonyl (C=O) groups is 1. The topological polar surface area (TPSA) is 55.6 Å². The maximum absolute atomic E-state index is 12.1. The Morgan fingerprint density at radius 2 is 2.17 bits per heavy atom. The molecule has 4 nitrogen and oxygen atoms in total. The Bertz CT molecular complexity index is 250. The van der Waals surface area contributed by atoms with E-state index in [1.807, 2.05) is 25.8 Å². The molecule has 3 atom stereocenters. The Hall–Kier alpha value is -0.610. The molecule has 1 amide bonds. The summed E-state index contributed by atoms with van der Waals surface area (Å²) in [6, 6.07) is 0.233. The molecule has 0 radical (unpaired) electrons. The van der Waals surface area contributed by atoms with Crippen LogP contribution in [-0.2, 0) is 9.53 Å². The molecule has 1 rings (SSSR count). The summed E-state index contributed by atoms with van der Waals surface area (Å²) < 4.78 is 5.56. The van der Waals surface area contributed by atoms with Crippen molar-refractivity contribution in [3.8, 4) is 0 Å². The molecule has 4 heteroatoms. The molecule has 2 N–H and O–H groups in total. The van der Waals surface area contributed by atoms with E-state index in [-0.39, 0.29) is 24.0 Å². The lowest BCUT2D eigenvalue weighted by molar-refractivity contribution is -0.135. The zero-order valence-corrected chi connectivity index (χ0v) is 12.0. The predicted octanol–water partition coefficient (Wildman–Crippen LogP) is 1.78. The number of hydrogen-bond acceptors (Lipinski definition) is 3. The van der Waals surface area contributed by atoms with Crippen molar-refractivity contribution in [3.63, 3.8) is 0 Å². The largest absolute Gasteiger partial charge is 0.376 e. The number of nitrogens with zero attached hydrogens (tertiary/aromatic N) is 1. The summed E-state index contributed by atoms with van der Waals surface area (Å²) >= 11 is 0. The molecular weight excluding hydrogens is 228 g/mol. The van der Waals surface area contributed by atoms with Crippen LogP contribution in [0.3, 0.4) is 0 Å². The molecule has 0 saturated carbocycles. The molecule has 0 aromatic heterocycles. The number of likely N-dealkylation sites (N-methyl/N-ethyl adjacent to an activating group) is 1. The number of rotatable bonds is 7. The van der Waals surface area contributed by atoms with Gasteiger partial charge in [0.15, 0.2) is 0 Å². The molecule has 3 unspecified atom stereocenters. The smallest absolute Gasteiger partial charge is 0.225 e. The van der Waals surface area contributed by atoms with Gasteiger partial charge in [-0.25, -0.2) is 0 Å². The van der Waals surface area contributed by atoms with Gasteiger partial charge in [0, 0.05) is 32.2 Å². The van der Waals surface area contributed by atoms with Gasteiger partial charge >= 0.3 is 0 Å². The number of hydrogen-bond donors (Lipinski definition) is 1. The molecule has 0 spiro atoms. The molecule has 0 bridgehead atoms. The van der Waals surface area contributed by atoms with Crippen molar-refractivity contribution in [2.45, 2.75) is 58.1 Å². The predicted molar refractivity (Wildman–Crippen MR) is 73.3 cm³/mol. The standard InChI is InChI=1S/C14H28N2O2/c1-11(6-4-7-12(2)15)14(17)16(3)10-13-8-5-9-18-13/h11-13H,4-10,15H2,1-3H3. The van der Waals surface area contributed by atoms with E-state index >= 15 is 0 Å². The molecule has 106 valence electrons. The summed E-state index contributed by atoms with van der Waals surface area (Å²) in [5, 5.41) is 0. The van der Waals surface area contributed by atoms with Gasteiger partial charge in [-0.15, -0.1) is 0 Å². The number of nitrogens with two attached hydrogens (primary N) is 1. The quantitative estimate of drug-likeness (QED) is 0.755. The van der Waals surface area contributed by atoms with Crippen LogP contribution in [0.5, 0.6) is 0 Å². The molecule has 1 aliphatic heterocycles. The summed E-state index contributed by atoms with van der Waals surface area (Å²) in [7, 11) is 1.88. The first-order valence-electron chi connectivity index (χ1n) is 7.13. The van der Waals surface area contributed by atoms with Gasteiger partial charge in [0.25, 0.3) is 0 Å². The lowest BCUT2D eigenvalue weighted by Gasteiger charge is -2.24. The molecule has 0 aliphatic carbocycles. The van der Waals surface area contributed by atoms with Crippen LogP contribution in [0.2, 0.25) is 0 Å². The highest BCUT2D eigenvalue weighted by Gasteiger charge is 2.22. The summed E-state index contributed by atoms with van der Waals surface area (Å²) in [4.78, 5) is 14.0. The van der Waals surface area contributed by atoms with E-state index in [2.05, 4.69) is 0 Å². The van der Waals surface area contributed by atoms with Gasteiger partial charge in [-0.3, -0.25) is 4.79 Å². The van der Waals surface area contributed by atoms with Gasteiger partial charge in [0.1, 0.15) is 0 Å². The van der Waals surface area contributed by atoms with Crippen LogP contribution in [0.1, 0.15) is 46.0 Å². The van der Waals surface area contributed by atoms with Gasteiger partial charge in [-0.1, -0.05) is 13.3 Å². The third-order valence-electron chi connectivity index (χ3n) is 3.60. The van der Waals surface area contributed by atoms with Gasteiger partial charge in [-0.2, -0.15) is 0 Å². The maximum Gasteiger partial charge on any atom is 0.225 e. The fourth-order valence-corrected chi connectivity index (χ4v) is 2.43. The Balaban J connectivity index is 2.23. The van der Waals surface area contributed by atoms with Crippen molar-refractivity contribution >= 4 is 5.91 Å². The van der Waals surface area contributed by atoms with Gasteiger partial charge < -0.3 is 15.4 Å². The van der Waals surface area contributed by atoms with E-state index < -0.39 is 0 Å². The van der Waals surface area contributed by atoms with Crippen LogP contribution in [0, 0.1) is 5.92 Å². The lowest BCUT2D eigenvalue weighted by atomic mass is 10.0. The molecule has 0 aromatic carbocycles. The number of carbonyl (C=O) groups excluding carboxylic acids is 1. The Labute approximate surface area is 111 Å². The minimum Gasteiger partial charge on any atom is -0.376 e. The summed E-state index contributed by atoms with van der Waals surface area (Å²) in [6.45, 7) is 5.60. The second kappa shape index (κ2) is 7.74. The second-order valence-electron chi connectivity index (χ2n) is 5.66. The van der Waals surface area contributed by atoms with E-state index in [1.54, 1.807) is 0 Å². The number of ether oxygens (including phenoxy) is 1. The Kier molecular flexibility index (Phi) is 6.65. The molecule has 1 aliphatic rings. The summed E-state index contributed by atoms with van der Waals surface area (Å²) in [6.07, 6.45) is 5.39. The van der Waals surface area contributed by atoms with Crippen LogP contribution >= 0.6 is 0 Å². The zero-order valence-electron chi connectivity index (χ0n) is 12.0. The van der Waals surface area contributed by atoms with Crippen LogP contribution < -0.4 is 5.73 Å². The van der Waals surface area contributed by atoms with Crippen LogP contribution in [0.15, 0.2) is 0 Å². The minimum atomic E-state index is 0.0927. The fraction of sp³-hybridized carbons (Fsp3) is 0.929. The van der Waals surface area contributed by atoms with Crippen molar-refractivity contribution in [1.82, 2.24) is 4.90 Å². The molecular formula is C14H28N2O2. The summed E-state index contributed by atoms with van der Waals surface area (Å²) in [5.41, 5.74) is 5.71. The van der Waals surface area contributed by atoms with Gasteiger partial charge in [0.2, 0.25) is 5.91 Å². The normalized spacial score (nSPS) is 22.8. The average Bonchev–Trinajstić information content (AvgIpc) is 2.80.